The lowest BCUT2D eigenvalue weighted by atomic mass is 9.95. The number of nitriles is 1. The van der Waals surface area contributed by atoms with Gasteiger partial charge < -0.3 is 19.7 Å². The van der Waals surface area contributed by atoms with Crippen molar-refractivity contribution < 1.29 is 27.4 Å². The summed E-state index contributed by atoms with van der Waals surface area (Å²) in [5.74, 6) is -1.58. The number of halogens is 1. The first-order chi connectivity index (χ1) is 14.0. The number of fused-ring (bicyclic) bond motifs is 1. The summed E-state index contributed by atoms with van der Waals surface area (Å²) in [4.78, 5) is 12.6. The third kappa shape index (κ3) is 3.77. The van der Waals surface area contributed by atoms with Gasteiger partial charge in [0.2, 0.25) is 10.0 Å². The number of rotatable bonds is 4. The highest BCUT2D eigenvalue weighted by Gasteiger charge is 2.43. The number of aliphatic hydroxyl groups is 1. The number of carbonyl (C=O) groups is 1. The quantitative estimate of drug-likeness (QED) is 0.665. The zero-order valence-corrected chi connectivity index (χ0v) is 17.4. The molecule has 0 aliphatic carbocycles. The molecule has 3 rings (SSSR count). The van der Waals surface area contributed by atoms with E-state index in [9.17, 15) is 22.7 Å². The number of ether oxygens (including phenoxy) is 1. The minimum atomic E-state index is -4.09. The Balaban J connectivity index is 2.00. The summed E-state index contributed by atoms with van der Waals surface area (Å²) >= 11 is 0. The average Bonchev–Trinajstić information content (AvgIpc) is 2.99. The first kappa shape index (κ1) is 21.8. The van der Waals surface area contributed by atoms with Crippen LogP contribution in [0.2, 0.25) is 0 Å². The normalized spacial score (nSPS) is 20.9. The molecule has 1 amide bonds. The van der Waals surface area contributed by atoms with E-state index < -0.39 is 33.4 Å². The first-order valence-corrected chi connectivity index (χ1v) is 10.6. The maximum Gasteiger partial charge on any atom is 0.276 e. The standard InChI is InChI=1S/C19H21FN4O5S/c1-4-15(25)19(2)10-29-17-14(30(27,28)23-19)9-24(3)16(17)18(26)22-12-5-6-13(20)11(7-12)8-21/h5-7,9,15,23,25H,4,10H2,1-3H3,(H,22,26)/t15-,19+/m0/s1. The Hall–Kier alpha value is -2.94. The number of aromatic nitrogens is 1. The van der Waals surface area contributed by atoms with E-state index >= 15 is 0 Å². The molecule has 160 valence electrons. The van der Waals surface area contributed by atoms with E-state index in [1.807, 2.05) is 0 Å². The molecule has 1 aromatic heterocycles. The van der Waals surface area contributed by atoms with Gasteiger partial charge in [-0.3, -0.25) is 4.79 Å². The molecular weight excluding hydrogens is 415 g/mol. The Morgan fingerprint density at radius 3 is 2.87 bits per heavy atom. The van der Waals surface area contributed by atoms with Crippen LogP contribution in [0.1, 0.15) is 36.3 Å². The van der Waals surface area contributed by atoms with Gasteiger partial charge in [-0.05, 0) is 31.5 Å². The molecule has 3 N–H and O–H groups in total. The highest BCUT2D eigenvalue weighted by molar-refractivity contribution is 7.89. The highest BCUT2D eigenvalue weighted by atomic mass is 32.2. The minimum Gasteiger partial charge on any atom is -0.488 e. The lowest BCUT2D eigenvalue weighted by molar-refractivity contribution is 0.0495. The van der Waals surface area contributed by atoms with Crippen LogP contribution in [-0.4, -0.2) is 42.2 Å². The topological polar surface area (TPSA) is 133 Å². The zero-order chi connectivity index (χ0) is 22.3. The summed E-state index contributed by atoms with van der Waals surface area (Å²) in [6.45, 7) is 3.03. The maximum atomic E-state index is 13.5. The minimum absolute atomic E-state index is 0.0755. The van der Waals surface area contributed by atoms with Gasteiger partial charge >= 0.3 is 0 Å². The summed E-state index contributed by atoms with van der Waals surface area (Å²) in [5.41, 5.74) is -1.45. The molecule has 11 heteroatoms. The fourth-order valence-electron chi connectivity index (χ4n) is 3.28. The number of hydrogen-bond acceptors (Lipinski definition) is 6. The number of benzene rings is 1. The Morgan fingerprint density at radius 1 is 1.53 bits per heavy atom. The molecule has 30 heavy (non-hydrogen) atoms. The number of anilines is 1. The number of sulfonamides is 1. The smallest absolute Gasteiger partial charge is 0.276 e. The van der Waals surface area contributed by atoms with E-state index in [1.165, 1.54) is 36.9 Å². The fourth-order valence-corrected chi connectivity index (χ4v) is 4.89. The SMILES string of the molecule is CC[C@H](O)[C@@]1(C)COc2c(cn(C)c2C(=O)Nc2ccc(F)c(C#N)c2)S(=O)(=O)N1. The average molecular weight is 436 g/mol. The molecule has 0 fully saturated rings. The Morgan fingerprint density at radius 2 is 2.23 bits per heavy atom. The third-order valence-corrected chi connectivity index (χ3v) is 6.56. The van der Waals surface area contributed by atoms with E-state index in [4.69, 9.17) is 10.00 Å². The van der Waals surface area contributed by atoms with Crippen molar-refractivity contribution in [3.8, 4) is 11.8 Å². The molecule has 0 radical (unpaired) electrons. The van der Waals surface area contributed by atoms with Gasteiger partial charge in [0.15, 0.2) is 11.4 Å². The Labute approximate surface area is 173 Å². The Bertz CT molecular complexity index is 1150. The van der Waals surface area contributed by atoms with Gasteiger partial charge in [-0.2, -0.15) is 9.98 Å². The molecule has 0 bridgehead atoms. The zero-order valence-electron chi connectivity index (χ0n) is 16.6. The number of aryl methyl sites for hydroxylation is 1. The van der Waals surface area contributed by atoms with Crippen LogP contribution in [0.5, 0.6) is 5.75 Å². The van der Waals surface area contributed by atoms with Crippen LogP contribution in [-0.2, 0) is 17.1 Å². The van der Waals surface area contributed by atoms with Gasteiger partial charge in [0, 0.05) is 18.9 Å². The van der Waals surface area contributed by atoms with Crippen LogP contribution >= 0.6 is 0 Å². The van der Waals surface area contributed by atoms with Gasteiger partial charge in [0.05, 0.1) is 17.2 Å². The monoisotopic (exact) mass is 436 g/mol. The first-order valence-electron chi connectivity index (χ1n) is 9.07. The largest absolute Gasteiger partial charge is 0.488 e. The number of nitrogens with one attached hydrogen (secondary N) is 2. The molecule has 2 aromatic rings. The van der Waals surface area contributed by atoms with Crippen molar-refractivity contribution in [1.82, 2.24) is 9.29 Å². The van der Waals surface area contributed by atoms with Crippen LogP contribution < -0.4 is 14.8 Å². The van der Waals surface area contributed by atoms with Crippen LogP contribution in [0.4, 0.5) is 10.1 Å². The third-order valence-electron chi connectivity index (χ3n) is 4.96. The van der Waals surface area contributed by atoms with Gasteiger partial charge in [-0.15, -0.1) is 0 Å². The predicted molar refractivity (Wildman–Crippen MR) is 105 cm³/mol. The van der Waals surface area contributed by atoms with Gasteiger partial charge in [0.1, 0.15) is 23.4 Å². The number of hydrogen-bond donors (Lipinski definition) is 3. The second-order valence-corrected chi connectivity index (χ2v) is 8.93. The molecular formula is C19H21FN4O5S. The molecule has 1 aliphatic rings. The van der Waals surface area contributed by atoms with Crippen molar-refractivity contribution in [1.29, 1.82) is 5.26 Å². The number of aliphatic hydroxyl groups excluding tert-OH is 1. The lowest BCUT2D eigenvalue weighted by Crippen LogP contribution is -2.56. The number of nitrogens with zero attached hydrogens (tertiary/aromatic N) is 2. The molecule has 0 saturated heterocycles. The number of carbonyl (C=O) groups excluding carboxylic acids is 1. The lowest BCUT2D eigenvalue weighted by Gasteiger charge is -2.32. The highest BCUT2D eigenvalue weighted by Crippen LogP contribution is 2.35. The molecule has 1 aliphatic heterocycles. The van der Waals surface area contributed by atoms with Crippen LogP contribution in [0.3, 0.4) is 0 Å². The second-order valence-electron chi connectivity index (χ2n) is 7.28. The predicted octanol–water partition coefficient (Wildman–Crippen LogP) is 1.49. The van der Waals surface area contributed by atoms with Crippen LogP contribution in [0, 0.1) is 17.1 Å². The van der Waals surface area contributed by atoms with Crippen molar-refractivity contribution in [3.63, 3.8) is 0 Å². The van der Waals surface area contributed by atoms with E-state index in [0.29, 0.717) is 6.42 Å². The van der Waals surface area contributed by atoms with E-state index in [-0.39, 0.29) is 34.2 Å². The molecule has 1 aromatic carbocycles. The fraction of sp³-hybridized carbons (Fsp3) is 0.368. The summed E-state index contributed by atoms with van der Waals surface area (Å²) in [6, 6.07) is 5.18. The summed E-state index contributed by atoms with van der Waals surface area (Å²) in [7, 11) is -2.61. The van der Waals surface area contributed by atoms with Crippen LogP contribution in [0.15, 0.2) is 29.3 Å². The molecule has 2 heterocycles. The van der Waals surface area contributed by atoms with Crippen molar-refractivity contribution in [2.45, 2.75) is 36.8 Å². The molecule has 0 spiro atoms. The van der Waals surface area contributed by atoms with Crippen LogP contribution in [0.25, 0.3) is 0 Å². The molecule has 0 saturated carbocycles. The van der Waals surface area contributed by atoms with Gasteiger partial charge in [0.25, 0.3) is 5.91 Å². The molecule has 2 atom stereocenters. The van der Waals surface area contributed by atoms with E-state index in [2.05, 4.69) is 10.0 Å². The van der Waals surface area contributed by atoms with Gasteiger partial charge in [-0.1, -0.05) is 6.92 Å². The van der Waals surface area contributed by atoms with Gasteiger partial charge in [-0.25, -0.2) is 12.8 Å². The Kier molecular flexibility index (Phi) is 5.60. The molecule has 9 nitrogen and oxygen atoms in total. The summed E-state index contributed by atoms with van der Waals surface area (Å²) < 4.78 is 48.7. The number of amides is 1. The van der Waals surface area contributed by atoms with E-state index in [0.717, 1.165) is 6.07 Å². The van der Waals surface area contributed by atoms with Crippen molar-refractivity contribution >= 4 is 21.6 Å². The van der Waals surface area contributed by atoms with Crippen molar-refractivity contribution in [3.05, 3.63) is 41.5 Å². The molecule has 0 unspecified atom stereocenters. The summed E-state index contributed by atoms with van der Waals surface area (Å²) in [5, 5.41) is 21.7. The maximum absolute atomic E-state index is 13.5. The van der Waals surface area contributed by atoms with Crippen molar-refractivity contribution in [2.75, 3.05) is 11.9 Å². The second kappa shape index (κ2) is 7.71. The van der Waals surface area contributed by atoms with Crippen molar-refractivity contribution in [2.24, 2.45) is 7.05 Å². The summed E-state index contributed by atoms with van der Waals surface area (Å²) in [6.07, 6.45) is 0.521. The van der Waals surface area contributed by atoms with E-state index in [1.54, 1.807) is 13.0 Å².